The highest BCUT2D eigenvalue weighted by Crippen LogP contribution is 2.24. The number of hydrogen-bond donors (Lipinski definition) is 0. The second kappa shape index (κ2) is 5.14. The van der Waals surface area contributed by atoms with Crippen molar-refractivity contribution in [1.82, 2.24) is 9.78 Å². The van der Waals surface area contributed by atoms with Crippen LogP contribution in [0, 0.1) is 13.8 Å². The molecule has 0 radical (unpaired) electrons. The topological polar surface area (TPSA) is 17.8 Å². The summed E-state index contributed by atoms with van der Waals surface area (Å²) in [5, 5.41) is 5.21. The molecule has 2 nitrogen and oxygen atoms in total. The molecule has 0 saturated heterocycles. The van der Waals surface area contributed by atoms with Crippen LogP contribution in [0.1, 0.15) is 11.1 Å². The van der Waals surface area contributed by atoms with E-state index in [1.54, 1.807) is 0 Å². The van der Waals surface area contributed by atoms with E-state index in [0.29, 0.717) is 0 Å². The van der Waals surface area contributed by atoms with E-state index in [9.17, 15) is 0 Å². The van der Waals surface area contributed by atoms with E-state index in [1.807, 2.05) is 41.3 Å². The molecule has 1 aromatic heterocycles. The predicted molar refractivity (Wildman–Crippen MR) is 83.5 cm³/mol. The second-order valence-corrected chi connectivity index (χ2v) is 5.41. The van der Waals surface area contributed by atoms with Gasteiger partial charge in [0.2, 0.25) is 0 Å². The van der Waals surface area contributed by atoms with Gasteiger partial charge in [-0.25, -0.2) is 4.68 Å². The van der Waals surface area contributed by atoms with Crippen molar-refractivity contribution >= 4 is 11.6 Å². The summed E-state index contributed by atoms with van der Waals surface area (Å²) < 4.78 is 1.92. The highest BCUT2D eigenvalue weighted by Gasteiger charge is 2.06. The molecule has 3 aromatic rings. The first-order valence-electron chi connectivity index (χ1n) is 6.52. The van der Waals surface area contributed by atoms with Crippen molar-refractivity contribution < 1.29 is 0 Å². The van der Waals surface area contributed by atoms with Gasteiger partial charge in [-0.1, -0.05) is 35.9 Å². The zero-order valence-electron chi connectivity index (χ0n) is 11.5. The maximum Gasteiger partial charge on any atom is 0.0677 e. The molecule has 20 heavy (non-hydrogen) atoms. The van der Waals surface area contributed by atoms with Crippen LogP contribution in [0.2, 0.25) is 5.02 Å². The highest BCUT2D eigenvalue weighted by atomic mass is 35.5. The van der Waals surface area contributed by atoms with E-state index in [4.69, 9.17) is 11.6 Å². The summed E-state index contributed by atoms with van der Waals surface area (Å²) in [6, 6.07) is 14.2. The van der Waals surface area contributed by atoms with Gasteiger partial charge in [-0.05, 0) is 48.7 Å². The van der Waals surface area contributed by atoms with Crippen LogP contribution in [0.25, 0.3) is 16.8 Å². The Kier molecular flexibility index (Phi) is 3.33. The lowest BCUT2D eigenvalue weighted by Gasteiger charge is -2.06. The normalized spacial score (nSPS) is 10.8. The highest BCUT2D eigenvalue weighted by molar-refractivity contribution is 6.30. The smallest absolute Gasteiger partial charge is 0.0677 e. The molecule has 0 aliphatic carbocycles. The third-order valence-corrected chi connectivity index (χ3v) is 3.59. The Balaban J connectivity index is 2.04. The SMILES string of the molecule is Cc1ccc(C)c(-n2cc(-c3cccc(Cl)c3)cn2)c1. The van der Waals surface area contributed by atoms with Crippen molar-refractivity contribution in [2.24, 2.45) is 0 Å². The molecule has 3 heteroatoms. The number of nitrogens with zero attached hydrogens (tertiary/aromatic N) is 2. The van der Waals surface area contributed by atoms with E-state index in [-0.39, 0.29) is 0 Å². The molecule has 0 fully saturated rings. The minimum Gasteiger partial charge on any atom is -0.240 e. The van der Waals surface area contributed by atoms with Gasteiger partial charge in [-0.15, -0.1) is 0 Å². The standard InChI is InChI=1S/C17H15ClN2/c1-12-6-7-13(2)17(8-12)20-11-15(10-19-20)14-4-3-5-16(18)9-14/h3-11H,1-2H3. The van der Waals surface area contributed by atoms with Gasteiger partial charge >= 0.3 is 0 Å². The average Bonchev–Trinajstić information content (AvgIpc) is 2.91. The van der Waals surface area contributed by atoms with E-state index in [1.165, 1.54) is 11.1 Å². The summed E-state index contributed by atoms with van der Waals surface area (Å²) in [5.41, 5.74) is 5.68. The van der Waals surface area contributed by atoms with Crippen LogP contribution in [0.3, 0.4) is 0 Å². The van der Waals surface area contributed by atoms with E-state index in [0.717, 1.165) is 21.8 Å². The summed E-state index contributed by atoms with van der Waals surface area (Å²) in [7, 11) is 0. The van der Waals surface area contributed by atoms with Crippen LogP contribution in [0.15, 0.2) is 54.9 Å². The molecule has 0 aliphatic heterocycles. The van der Waals surface area contributed by atoms with Gasteiger partial charge in [-0.2, -0.15) is 5.10 Å². The summed E-state index contributed by atoms with van der Waals surface area (Å²) in [6.07, 6.45) is 3.90. The average molecular weight is 283 g/mol. The number of benzene rings is 2. The van der Waals surface area contributed by atoms with Gasteiger partial charge in [-0.3, -0.25) is 0 Å². The van der Waals surface area contributed by atoms with Crippen molar-refractivity contribution in [2.75, 3.05) is 0 Å². The Morgan fingerprint density at radius 1 is 1.00 bits per heavy atom. The predicted octanol–water partition coefficient (Wildman–Crippen LogP) is 4.81. The van der Waals surface area contributed by atoms with Gasteiger partial charge in [0.15, 0.2) is 0 Å². The van der Waals surface area contributed by atoms with Crippen LogP contribution < -0.4 is 0 Å². The van der Waals surface area contributed by atoms with Crippen molar-refractivity contribution in [3.63, 3.8) is 0 Å². The molecule has 0 bridgehead atoms. The van der Waals surface area contributed by atoms with Gasteiger partial charge in [0.25, 0.3) is 0 Å². The molecule has 0 unspecified atom stereocenters. The first-order valence-corrected chi connectivity index (χ1v) is 6.89. The Hall–Kier alpha value is -2.06. The Morgan fingerprint density at radius 2 is 1.85 bits per heavy atom. The third kappa shape index (κ3) is 2.47. The van der Waals surface area contributed by atoms with Gasteiger partial charge < -0.3 is 0 Å². The number of aromatic nitrogens is 2. The molecule has 0 spiro atoms. The number of hydrogen-bond acceptors (Lipinski definition) is 1. The molecule has 0 N–H and O–H groups in total. The van der Waals surface area contributed by atoms with Crippen molar-refractivity contribution in [1.29, 1.82) is 0 Å². The lowest BCUT2D eigenvalue weighted by Crippen LogP contribution is -1.97. The number of halogens is 1. The van der Waals surface area contributed by atoms with Gasteiger partial charge in [0, 0.05) is 16.8 Å². The van der Waals surface area contributed by atoms with E-state index < -0.39 is 0 Å². The van der Waals surface area contributed by atoms with Crippen LogP contribution >= 0.6 is 11.6 Å². The number of aryl methyl sites for hydroxylation is 2. The molecule has 100 valence electrons. The molecule has 1 heterocycles. The Labute approximate surface area is 123 Å². The van der Waals surface area contributed by atoms with Crippen LogP contribution in [-0.4, -0.2) is 9.78 Å². The summed E-state index contributed by atoms with van der Waals surface area (Å²) in [4.78, 5) is 0. The van der Waals surface area contributed by atoms with Crippen LogP contribution in [-0.2, 0) is 0 Å². The maximum atomic E-state index is 6.04. The lowest BCUT2D eigenvalue weighted by molar-refractivity contribution is 0.871. The molecule has 0 amide bonds. The fourth-order valence-electron chi connectivity index (χ4n) is 2.24. The first kappa shape index (κ1) is 12.9. The van der Waals surface area contributed by atoms with E-state index in [2.05, 4.69) is 37.1 Å². The first-order chi connectivity index (χ1) is 9.63. The molecular formula is C17H15ClN2. The fraction of sp³-hybridized carbons (Fsp3) is 0.118. The quantitative estimate of drug-likeness (QED) is 0.659. The second-order valence-electron chi connectivity index (χ2n) is 4.97. The number of rotatable bonds is 2. The summed E-state index contributed by atoms with van der Waals surface area (Å²) in [5.74, 6) is 0. The van der Waals surface area contributed by atoms with Crippen molar-refractivity contribution in [3.05, 3.63) is 71.0 Å². The third-order valence-electron chi connectivity index (χ3n) is 3.35. The summed E-state index contributed by atoms with van der Waals surface area (Å²) >= 11 is 6.04. The fourth-order valence-corrected chi connectivity index (χ4v) is 2.43. The molecule has 3 rings (SSSR count). The molecule has 0 atom stereocenters. The zero-order chi connectivity index (χ0) is 14.1. The Morgan fingerprint density at radius 3 is 2.65 bits per heavy atom. The minimum atomic E-state index is 0.738. The molecule has 0 saturated carbocycles. The van der Waals surface area contributed by atoms with E-state index >= 15 is 0 Å². The monoisotopic (exact) mass is 282 g/mol. The summed E-state index contributed by atoms with van der Waals surface area (Å²) in [6.45, 7) is 4.18. The van der Waals surface area contributed by atoms with Crippen LogP contribution in [0.5, 0.6) is 0 Å². The minimum absolute atomic E-state index is 0.738. The molecule has 2 aromatic carbocycles. The van der Waals surface area contributed by atoms with Crippen LogP contribution in [0.4, 0.5) is 0 Å². The lowest BCUT2D eigenvalue weighted by atomic mass is 10.1. The van der Waals surface area contributed by atoms with Gasteiger partial charge in [0.05, 0.1) is 11.9 Å². The Bertz CT molecular complexity index is 759. The van der Waals surface area contributed by atoms with Crippen molar-refractivity contribution in [2.45, 2.75) is 13.8 Å². The largest absolute Gasteiger partial charge is 0.240 e. The maximum absolute atomic E-state index is 6.04. The van der Waals surface area contributed by atoms with Gasteiger partial charge in [0.1, 0.15) is 0 Å². The molecular weight excluding hydrogens is 268 g/mol. The van der Waals surface area contributed by atoms with Crippen molar-refractivity contribution in [3.8, 4) is 16.8 Å². The molecule has 0 aliphatic rings. The zero-order valence-corrected chi connectivity index (χ0v) is 12.2.